The Balaban J connectivity index is 3.38. The van der Waals surface area contributed by atoms with Gasteiger partial charge in [-0.25, -0.2) is 0 Å². The first-order chi connectivity index (χ1) is 8.10. The lowest BCUT2D eigenvalue weighted by Crippen LogP contribution is -2.29. The van der Waals surface area contributed by atoms with Gasteiger partial charge in [-0.2, -0.15) is 0 Å². The maximum atomic E-state index is 11.2. The first-order valence-electron chi connectivity index (χ1n) is 5.78. The Labute approximate surface area is 102 Å². The number of rotatable bonds is 10. The number of methoxy groups -OCH3 is 1. The Morgan fingerprint density at radius 1 is 1.41 bits per heavy atom. The Morgan fingerprint density at radius 3 is 2.71 bits per heavy atom. The van der Waals surface area contributed by atoms with Crippen LogP contribution in [0.5, 0.6) is 0 Å². The van der Waals surface area contributed by atoms with E-state index in [1.54, 1.807) is 14.0 Å². The van der Waals surface area contributed by atoms with Crippen LogP contribution in [-0.2, 0) is 19.0 Å². The average molecular weight is 248 g/mol. The number of hydrogen-bond donors (Lipinski definition) is 0. The summed E-state index contributed by atoms with van der Waals surface area (Å²) in [7, 11) is 1.64. The molecule has 0 heterocycles. The molecule has 102 valence electrons. The fourth-order valence-corrected chi connectivity index (χ4v) is 1.07. The molecule has 0 radical (unpaired) electrons. The van der Waals surface area contributed by atoms with Crippen molar-refractivity contribution >= 4 is 5.97 Å². The fraction of sp³-hybridized carbons (Fsp3) is 0.909. The standard InChI is InChI=1S/C11H22NO5/c1-4-17-11(13)9-12(14)6-8-16-7-5-10(2)15-3/h10H,4-9H2,1-3H3/q-1. The maximum absolute atomic E-state index is 11.2. The van der Waals surface area contributed by atoms with Crippen LogP contribution in [0.3, 0.4) is 0 Å². The summed E-state index contributed by atoms with van der Waals surface area (Å²) in [4.78, 5) is 10.9. The molecule has 0 aliphatic rings. The smallest absolute Gasteiger partial charge is 0.319 e. The van der Waals surface area contributed by atoms with Crippen molar-refractivity contribution in [1.29, 1.82) is 0 Å². The van der Waals surface area contributed by atoms with E-state index in [-0.39, 0.29) is 25.8 Å². The van der Waals surface area contributed by atoms with E-state index in [4.69, 9.17) is 9.47 Å². The molecular formula is C11H22NO5-. The molecule has 0 saturated heterocycles. The summed E-state index contributed by atoms with van der Waals surface area (Å²) in [6.45, 7) is 4.71. The van der Waals surface area contributed by atoms with Gasteiger partial charge in [0.1, 0.15) is 0 Å². The molecule has 0 rings (SSSR count). The summed E-state index contributed by atoms with van der Waals surface area (Å²) in [6, 6.07) is 0. The topological polar surface area (TPSA) is 71.1 Å². The normalized spacial score (nSPS) is 12.8. The van der Waals surface area contributed by atoms with E-state index in [9.17, 15) is 10.0 Å². The number of carbonyl (C=O) groups is 1. The minimum Gasteiger partial charge on any atom is -0.785 e. The van der Waals surface area contributed by atoms with Crippen LogP contribution in [0.1, 0.15) is 20.3 Å². The van der Waals surface area contributed by atoms with Crippen LogP contribution in [0.25, 0.3) is 0 Å². The zero-order valence-corrected chi connectivity index (χ0v) is 10.8. The maximum Gasteiger partial charge on any atom is 0.319 e. The molecular weight excluding hydrogens is 226 g/mol. The Hall–Kier alpha value is -0.690. The van der Waals surface area contributed by atoms with Gasteiger partial charge in [-0.3, -0.25) is 4.79 Å². The molecule has 0 aromatic carbocycles. The van der Waals surface area contributed by atoms with Crippen LogP contribution in [0.2, 0.25) is 0 Å². The third kappa shape index (κ3) is 10.2. The molecule has 0 aliphatic carbocycles. The average Bonchev–Trinajstić information content (AvgIpc) is 2.28. The Bertz CT molecular complexity index is 200. The van der Waals surface area contributed by atoms with E-state index in [0.717, 1.165) is 6.42 Å². The van der Waals surface area contributed by atoms with Crippen molar-refractivity contribution in [2.24, 2.45) is 0 Å². The van der Waals surface area contributed by atoms with Gasteiger partial charge in [0, 0.05) is 20.3 Å². The second kappa shape index (κ2) is 10.5. The van der Waals surface area contributed by atoms with E-state index in [2.05, 4.69) is 4.74 Å². The fourth-order valence-electron chi connectivity index (χ4n) is 1.07. The van der Waals surface area contributed by atoms with Crippen LogP contribution in [-0.4, -0.2) is 57.2 Å². The molecule has 6 heteroatoms. The molecule has 0 aromatic rings. The molecule has 0 aliphatic heterocycles. The van der Waals surface area contributed by atoms with Crippen LogP contribution in [0.4, 0.5) is 0 Å². The highest BCUT2D eigenvalue weighted by Crippen LogP contribution is 1.95. The van der Waals surface area contributed by atoms with Gasteiger partial charge in [-0.1, -0.05) is 0 Å². The molecule has 0 amide bonds. The molecule has 0 fully saturated rings. The van der Waals surface area contributed by atoms with Gasteiger partial charge in [0.25, 0.3) is 0 Å². The molecule has 1 unspecified atom stereocenters. The van der Waals surface area contributed by atoms with Gasteiger partial charge in [0.15, 0.2) is 0 Å². The Kier molecular flexibility index (Phi) is 10.0. The van der Waals surface area contributed by atoms with E-state index < -0.39 is 5.97 Å². The van der Waals surface area contributed by atoms with Crippen molar-refractivity contribution in [3.63, 3.8) is 0 Å². The van der Waals surface area contributed by atoms with Gasteiger partial charge in [0.2, 0.25) is 0 Å². The quantitative estimate of drug-likeness (QED) is 0.323. The van der Waals surface area contributed by atoms with Crippen LogP contribution in [0, 0.1) is 5.21 Å². The first kappa shape index (κ1) is 16.3. The monoisotopic (exact) mass is 248 g/mol. The summed E-state index contributed by atoms with van der Waals surface area (Å²) in [5.41, 5.74) is 0. The minimum atomic E-state index is -0.504. The number of ether oxygens (including phenoxy) is 3. The summed E-state index contributed by atoms with van der Waals surface area (Å²) in [6.07, 6.45) is 0.936. The number of hydroxylamine groups is 2. The van der Waals surface area contributed by atoms with E-state index in [1.165, 1.54) is 0 Å². The highest BCUT2D eigenvalue weighted by molar-refractivity contribution is 5.71. The van der Waals surface area contributed by atoms with Gasteiger partial charge in [0.05, 0.1) is 25.9 Å². The number of carbonyl (C=O) groups excluding carboxylic acids is 1. The lowest BCUT2D eigenvalue weighted by Gasteiger charge is -2.26. The van der Waals surface area contributed by atoms with Crippen LogP contribution >= 0.6 is 0 Å². The first-order valence-corrected chi connectivity index (χ1v) is 5.78. The molecule has 0 spiro atoms. The van der Waals surface area contributed by atoms with Crippen molar-refractivity contribution in [3.05, 3.63) is 5.21 Å². The minimum absolute atomic E-state index is 0.151. The number of esters is 1. The molecule has 6 nitrogen and oxygen atoms in total. The van der Waals surface area contributed by atoms with Crippen molar-refractivity contribution in [1.82, 2.24) is 5.06 Å². The SMILES string of the molecule is CCOC(=O)CN([O-])CCOCCC(C)OC. The van der Waals surface area contributed by atoms with E-state index in [0.29, 0.717) is 18.3 Å². The molecule has 1 atom stereocenters. The molecule has 0 saturated carbocycles. The zero-order chi connectivity index (χ0) is 13.1. The van der Waals surface area contributed by atoms with Crippen molar-refractivity contribution < 1.29 is 19.0 Å². The predicted molar refractivity (Wildman–Crippen MR) is 63.5 cm³/mol. The van der Waals surface area contributed by atoms with Gasteiger partial charge in [-0.15, -0.1) is 0 Å². The summed E-state index contributed by atoms with van der Waals surface area (Å²) >= 11 is 0. The number of nitrogens with zero attached hydrogens (tertiary/aromatic N) is 1. The second-order valence-corrected chi connectivity index (χ2v) is 3.62. The van der Waals surface area contributed by atoms with Gasteiger partial charge < -0.3 is 24.5 Å². The van der Waals surface area contributed by atoms with Crippen molar-refractivity contribution in [3.8, 4) is 0 Å². The third-order valence-corrected chi connectivity index (χ3v) is 2.17. The lowest BCUT2D eigenvalue weighted by atomic mass is 10.3. The third-order valence-electron chi connectivity index (χ3n) is 2.17. The molecule has 0 N–H and O–H groups in total. The summed E-state index contributed by atoms with van der Waals surface area (Å²) in [5.74, 6) is -0.504. The van der Waals surface area contributed by atoms with E-state index in [1.807, 2.05) is 6.92 Å². The summed E-state index contributed by atoms with van der Waals surface area (Å²) < 4.78 is 14.9. The van der Waals surface area contributed by atoms with Gasteiger partial charge in [-0.05, 0) is 20.3 Å². The predicted octanol–water partition coefficient (Wildman–Crippen LogP) is 0.791. The van der Waals surface area contributed by atoms with Crippen LogP contribution in [0.15, 0.2) is 0 Å². The molecule has 0 aromatic heterocycles. The highest BCUT2D eigenvalue weighted by Gasteiger charge is 2.03. The van der Waals surface area contributed by atoms with Gasteiger partial charge >= 0.3 is 5.97 Å². The zero-order valence-electron chi connectivity index (χ0n) is 10.8. The lowest BCUT2D eigenvalue weighted by molar-refractivity contribution is -0.143. The molecule has 0 bridgehead atoms. The largest absolute Gasteiger partial charge is 0.785 e. The summed E-state index contributed by atoms with van der Waals surface area (Å²) in [5, 5.41) is 11.8. The van der Waals surface area contributed by atoms with Crippen LogP contribution < -0.4 is 0 Å². The van der Waals surface area contributed by atoms with Crippen molar-refractivity contribution in [2.45, 2.75) is 26.4 Å². The second-order valence-electron chi connectivity index (χ2n) is 3.62. The highest BCUT2D eigenvalue weighted by atomic mass is 16.6. The Morgan fingerprint density at radius 2 is 2.12 bits per heavy atom. The molecule has 17 heavy (non-hydrogen) atoms. The van der Waals surface area contributed by atoms with Crippen molar-refractivity contribution in [2.75, 3.05) is 40.0 Å². The number of hydrogen-bond acceptors (Lipinski definition) is 6. The van der Waals surface area contributed by atoms with E-state index >= 15 is 0 Å².